The number of aryl methyl sites for hydroxylation is 1. The van der Waals surface area contributed by atoms with Crippen LogP contribution in [0, 0.1) is 16.7 Å². The molecule has 0 amide bonds. The van der Waals surface area contributed by atoms with Gasteiger partial charge in [-0.2, -0.15) is 0 Å². The molecule has 44 heavy (non-hydrogen) atoms. The third kappa shape index (κ3) is 4.50. The summed E-state index contributed by atoms with van der Waals surface area (Å²) in [4.78, 5) is 14.1. The van der Waals surface area contributed by atoms with Gasteiger partial charge in [0.15, 0.2) is 17.3 Å². The fourth-order valence-corrected chi connectivity index (χ4v) is 15.1. The first kappa shape index (κ1) is 31.9. The van der Waals surface area contributed by atoms with E-state index in [4.69, 9.17) is 25.6 Å². The number of allylic oxidation sites excluding steroid dienone is 2. The van der Waals surface area contributed by atoms with Crippen LogP contribution in [0.3, 0.4) is 0 Å². The van der Waals surface area contributed by atoms with E-state index in [-0.39, 0.29) is 10.8 Å². The molecule has 242 valence electrons. The molecule has 1 spiro atoms. The number of hydrogen-bond donors (Lipinski definition) is 0. The standard InChI is InChI=1S/C35H55N5O3Si/c1-24(2)44(25(3)4,26(5)6)43-40-31-29-30(36-22-37-31)38-23-39(29)19-18-32(40,8)16-17-33(9)27(7)13-15-34(10)28(33)12-11-14-35(34)41-20-21-42-35/h16-17,22-26,28H,7,11-15,18-21H2,1-6,8-10H3/b17-16+/t28-,32+,33+,34-/m1/s1. The molecule has 2 aliphatic heterocycles. The molecular weight excluding hydrogens is 567 g/mol. The second-order valence-electron chi connectivity index (χ2n) is 15.6. The van der Waals surface area contributed by atoms with Gasteiger partial charge in [0, 0.05) is 23.8 Å². The lowest BCUT2D eigenvalue weighted by Gasteiger charge is -2.61. The minimum atomic E-state index is -2.35. The number of fused-ring (bicyclic) bond motifs is 2. The largest absolute Gasteiger partial charge is 0.347 e. The summed E-state index contributed by atoms with van der Waals surface area (Å²) in [6.07, 6.45) is 14.6. The van der Waals surface area contributed by atoms with Crippen molar-refractivity contribution < 1.29 is 14.0 Å². The van der Waals surface area contributed by atoms with Crippen LogP contribution in [0.2, 0.25) is 16.6 Å². The molecule has 4 aliphatic rings. The normalized spacial score (nSPS) is 32.5. The molecule has 4 heterocycles. The fraction of sp³-hybridized carbons (Fsp3) is 0.743. The number of rotatable bonds is 7. The third-order valence-corrected chi connectivity index (χ3v) is 18.4. The van der Waals surface area contributed by atoms with Crippen molar-refractivity contribution >= 4 is 25.3 Å². The molecule has 0 N–H and O–H groups in total. The number of hydrogen-bond acceptors (Lipinski definition) is 7. The SMILES string of the molecule is C=C1CC[C@]2(C)[C@H](CCCC23OCCO3)[C@@]1(C)/C=C/[C@@]1(C)CCn2cnc3ncnc(c32)N1O[Si](C(C)C)(C(C)C)C(C)C. The number of hydroxylamine groups is 1. The number of nitrogens with zero attached hydrogens (tertiary/aromatic N) is 5. The summed E-state index contributed by atoms with van der Waals surface area (Å²) in [6.45, 7) is 28.1. The Hall–Kier alpha value is -2.07. The Labute approximate surface area is 265 Å². The number of ether oxygens (including phenoxy) is 2. The van der Waals surface area contributed by atoms with Crippen LogP contribution in [0.4, 0.5) is 5.82 Å². The van der Waals surface area contributed by atoms with Crippen LogP contribution in [0.1, 0.15) is 101 Å². The Morgan fingerprint density at radius 3 is 2.30 bits per heavy atom. The van der Waals surface area contributed by atoms with E-state index in [9.17, 15) is 0 Å². The maximum absolute atomic E-state index is 7.60. The van der Waals surface area contributed by atoms with Crippen molar-refractivity contribution in [2.45, 2.75) is 135 Å². The molecule has 0 bridgehead atoms. The topological polar surface area (TPSA) is 74.5 Å². The molecule has 3 fully saturated rings. The summed E-state index contributed by atoms with van der Waals surface area (Å²) in [5.74, 6) is 0.716. The lowest BCUT2D eigenvalue weighted by atomic mass is 9.47. The Bertz CT molecular complexity index is 1410. The van der Waals surface area contributed by atoms with Gasteiger partial charge in [-0.1, -0.05) is 79.7 Å². The highest BCUT2D eigenvalue weighted by atomic mass is 28.4. The van der Waals surface area contributed by atoms with Gasteiger partial charge in [-0.3, -0.25) is 0 Å². The molecule has 2 saturated carbocycles. The van der Waals surface area contributed by atoms with Gasteiger partial charge in [0.05, 0.1) is 25.1 Å². The van der Waals surface area contributed by atoms with Crippen molar-refractivity contribution in [2.24, 2.45) is 16.7 Å². The lowest BCUT2D eigenvalue weighted by Crippen LogP contribution is -2.60. The molecule has 2 aliphatic carbocycles. The van der Waals surface area contributed by atoms with Crippen molar-refractivity contribution in [2.75, 3.05) is 18.3 Å². The highest BCUT2D eigenvalue weighted by Gasteiger charge is 2.64. The zero-order valence-corrected chi connectivity index (χ0v) is 29.7. The monoisotopic (exact) mass is 621 g/mol. The molecule has 8 nitrogen and oxygen atoms in total. The maximum atomic E-state index is 7.60. The summed E-state index contributed by atoms with van der Waals surface area (Å²) < 4.78 is 22.8. The first-order valence-corrected chi connectivity index (χ1v) is 19.2. The molecule has 4 atom stereocenters. The van der Waals surface area contributed by atoms with Gasteiger partial charge in [-0.15, -0.1) is 0 Å². The predicted molar refractivity (Wildman–Crippen MR) is 179 cm³/mol. The molecule has 0 radical (unpaired) electrons. The van der Waals surface area contributed by atoms with E-state index in [0.717, 1.165) is 62.1 Å². The number of aromatic nitrogens is 4. The highest BCUT2D eigenvalue weighted by molar-refractivity contribution is 6.77. The maximum Gasteiger partial charge on any atom is 0.237 e. The Morgan fingerprint density at radius 2 is 1.64 bits per heavy atom. The Balaban J connectivity index is 1.47. The van der Waals surface area contributed by atoms with E-state index in [1.54, 1.807) is 6.33 Å². The van der Waals surface area contributed by atoms with Gasteiger partial charge >= 0.3 is 0 Å². The number of anilines is 1. The minimum Gasteiger partial charge on any atom is -0.347 e. The van der Waals surface area contributed by atoms with Gasteiger partial charge in [-0.05, 0) is 61.6 Å². The van der Waals surface area contributed by atoms with E-state index >= 15 is 0 Å². The van der Waals surface area contributed by atoms with E-state index in [1.165, 1.54) is 5.57 Å². The summed E-state index contributed by atoms with van der Waals surface area (Å²) in [6, 6.07) is 0. The average Bonchev–Trinajstić information content (AvgIpc) is 3.60. The van der Waals surface area contributed by atoms with Gasteiger partial charge in [0.1, 0.15) is 11.8 Å². The minimum absolute atomic E-state index is 0.0691. The molecule has 9 heteroatoms. The van der Waals surface area contributed by atoms with Gasteiger partial charge in [-0.25, -0.2) is 20.0 Å². The van der Waals surface area contributed by atoms with E-state index in [0.29, 0.717) is 35.8 Å². The summed E-state index contributed by atoms with van der Waals surface area (Å²) in [7, 11) is -2.35. The van der Waals surface area contributed by atoms with Crippen LogP contribution in [0.25, 0.3) is 11.2 Å². The van der Waals surface area contributed by atoms with E-state index in [2.05, 4.69) is 94.1 Å². The molecule has 0 aromatic carbocycles. The fourth-order valence-electron chi connectivity index (χ4n) is 9.85. The predicted octanol–water partition coefficient (Wildman–Crippen LogP) is 8.36. The average molecular weight is 622 g/mol. The van der Waals surface area contributed by atoms with Crippen molar-refractivity contribution in [3.63, 3.8) is 0 Å². The highest BCUT2D eigenvalue weighted by Crippen LogP contribution is 2.65. The summed E-state index contributed by atoms with van der Waals surface area (Å²) >= 11 is 0. The first-order chi connectivity index (χ1) is 20.7. The van der Waals surface area contributed by atoms with Crippen LogP contribution in [0.15, 0.2) is 37.0 Å². The van der Waals surface area contributed by atoms with E-state index in [1.807, 2.05) is 6.33 Å². The molecule has 2 aromatic heterocycles. The van der Waals surface area contributed by atoms with E-state index < -0.39 is 19.6 Å². The van der Waals surface area contributed by atoms with Crippen LogP contribution in [-0.4, -0.2) is 52.4 Å². The zero-order valence-electron chi connectivity index (χ0n) is 28.7. The third-order valence-electron chi connectivity index (χ3n) is 12.5. The Kier molecular flexibility index (Phi) is 7.99. The second kappa shape index (κ2) is 11.0. The van der Waals surface area contributed by atoms with Crippen molar-refractivity contribution in [3.8, 4) is 0 Å². The summed E-state index contributed by atoms with van der Waals surface area (Å²) in [5.41, 5.74) is 3.52. The van der Waals surface area contributed by atoms with Gasteiger partial charge < -0.3 is 18.6 Å². The van der Waals surface area contributed by atoms with Crippen LogP contribution in [0.5, 0.6) is 0 Å². The lowest BCUT2D eigenvalue weighted by molar-refractivity contribution is -0.282. The van der Waals surface area contributed by atoms with Crippen molar-refractivity contribution in [1.82, 2.24) is 19.5 Å². The van der Waals surface area contributed by atoms with Crippen LogP contribution < -0.4 is 5.06 Å². The van der Waals surface area contributed by atoms with Crippen LogP contribution in [-0.2, 0) is 20.5 Å². The quantitative estimate of drug-likeness (QED) is 0.227. The first-order valence-electron chi connectivity index (χ1n) is 17.1. The Morgan fingerprint density at radius 1 is 0.955 bits per heavy atom. The molecule has 0 unspecified atom stereocenters. The molecular formula is C35H55N5O3Si. The summed E-state index contributed by atoms with van der Waals surface area (Å²) in [5, 5.41) is 2.20. The molecule has 2 aromatic rings. The zero-order chi connectivity index (χ0) is 31.7. The van der Waals surface area contributed by atoms with Gasteiger partial charge in [0.25, 0.3) is 0 Å². The molecule has 1 saturated heterocycles. The molecule has 6 rings (SSSR count). The van der Waals surface area contributed by atoms with Gasteiger partial charge in [0.2, 0.25) is 8.32 Å². The van der Waals surface area contributed by atoms with Crippen LogP contribution >= 0.6 is 0 Å². The number of imidazole rings is 1. The van der Waals surface area contributed by atoms with Crippen molar-refractivity contribution in [3.05, 3.63) is 37.0 Å². The van der Waals surface area contributed by atoms with Crippen molar-refractivity contribution in [1.29, 1.82) is 0 Å². The second-order valence-corrected chi connectivity index (χ2v) is 21.0. The smallest absolute Gasteiger partial charge is 0.237 e.